The maximum absolute atomic E-state index is 4.19. The number of hydrogen-bond acceptors (Lipinski definition) is 1. The molecule has 35 heavy (non-hydrogen) atoms. The normalized spacial score (nSPS) is 14.7. The molecule has 2 aromatic heterocycles. The van der Waals surface area contributed by atoms with E-state index in [-0.39, 0.29) is 5.41 Å². The van der Waals surface area contributed by atoms with Gasteiger partial charge >= 0.3 is 0 Å². The van der Waals surface area contributed by atoms with Gasteiger partial charge in [-0.1, -0.05) is 44.7 Å². The lowest BCUT2D eigenvalue weighted by Crippen LogP contribution is -2.23. The van der Waals surface area contributed by atoms with E-state index in [1.54, 1.807) is 7.05 Å². The van der Waals surface area contributed by atoms with Crippen LogP contribution in [0.15, 0.2) is 97.0 Å². The van der Waals surface area contributed by atoms with Gasteiger partial charge in [0.1, 0.15) is 18.1 Å². The predicted molar refractivity (Wildman–Crippen MR) is 146 cm³/mol. The van der Waals surface area contributed by atoms with Gasteiger partial charge in [0.05, 0.1) is 18.1 Å². The summed E-state index contributed by atoms with van der Waals surface area (Å²) < 4.78 is 6.53. The van der Waals surface area contributed by atoms with Crippen molar-refractivity contribution in [2.24, 2.45) is 12.0 Å². The zero-order valence-corrected chi connectivity index (χ0v) is 20.7. The molecule has 0 unspecified atom stereocenters. The smallest absolute Gasteiger partial charge is 0.248 e. The van der Waals surface area contributed by atoms with Crippen LogP contribution in [0.2, 0.25) is 0 Å². The second-order valence-electron chi connectivity index (χ2n) is 9.81. The molecule has 0 bridgehead atoms. The predicted octanol–water partition coefficient (Wildman–Crippen LogP) is 6.44. The van der Waals surface area contributed by atoms with Crippen molar-refractivity contribution in [2.45, 2.75) is 19.3 Å². The summed E-state index contributed by atoms with van der Waals surface area (Å²) >= 11 is 0. The molecular formula is C31H29N4+. The molecule has 3 aromatic carbocycles. The lowest BCUT2D eigenvalue weighted by molar-refractivity contribution is -0.670. The van der Waals surface area contributed by atoms with Crippen LogP contribution in [0.25, 0.3) is 44.3 Å². The van der Waals surface area contributed by atoms with Gasteiger partial charge in [-0.15, -0.1) is 0 Å². The number of aromatic nitrogens is 3. The Morgan fingerprint density at radius 1 is 0.971 bits per heavy atom. The highest BCUT2D eigenvalue weighted by atomic mass is 15.1. The van der Waals surface area contributed by atoms with Gasteiger partial charge in [0.2, 0.25) is 6.33 Å². The topological polar surface area (TPSA) is 26.1 Å². The first-order valence-corrected chi connectivity index (χ1v) is 12.0. The van der Waals surface area contributed by atoms with Crippen molar-refractivity contribution in [1.82, 2.24) is 9.13 Å². The SMILES string of the molecule is C=CC(=CC=NC)n1c2ccc(-n3cc[n+](C)c3)cc2c2cc3c(cc21)C(C)(C)c1ccccc1-3. The Balaban J connectivity index is 1.73. The fourth-order valence-corrected chi connectivity index (χ4v) is 5.63. The number of nitrogens with zero attached hydrogens (tertiary/aromatic N) is 4. The molecule has 1 aliphatic rings. The minimum atomic E-state index is -0.0601. The molecule has 0 saturated heterocycles. The average molecular weight is 458 g/mol. The highest BCUT2D eigenvalue weighted by Gasteiger charge is 2.36. The first kappa shape index (κ1) is 21.4. The number of rotatable bonds is 4. The molecular weight excluding hydrogens is 428 g/mol. The number of aryl methyl sites for hydroxylation is 1. The molecule has 6 rings (SSSR count). The van der Waals surface area contributed by atoms with E-state index in [1.807, 2.05) is 25.4 Å². The maximum atomic E-state index is 4.19. The van der Waals surface area contributed by atoms with Crippen LogP contribution in [0.1, 0.15) is 25.0 Å². The molecule has 0 amide bonds. The summed E-state index contributed by atoms with van der Waals surface area (Å²) in [6.45, 7) is 8.78. The van der Waals surface area contributed by atoms with Gasteiger partial charge in [0.25, 0.3) is 0 Å². The van der Waals surface area contributed by atoms with Crippen LogP contribution in [0, 0.1) is 0 Å². The van der Waals surface area contributed by atoms with E-state index in [2.05, 4.69) is 112 Å². The van der Waals surface area contributed by atoms with Gasteiger partial charge in [-0.05, 0) is 64.7 Å². The third kappa shape index (κ3) is 3.06. The van der Waals surface area contributed by atoms with E-state index < -0.39 is 0 Å². The Labute approximate surface area is 205 Å². The summed E-state index contributed by atoms with van der Waals surface area (Å²) in [4.78, 5) is 4.19. The Kier molecular flexibility index (Phi) is 4.68. The Hall–Kier alpha value is -4.18. The lowest BCUT2D eigenvalue weighted by atomic mass is 9.82. The van der Waals surface area contributed by atoms with Gasteiger partial charge in [0, 0.05) is 35.1 Å². The minimum Gasteiger partial charge on any atom is -0.309 e. The van der Waals surface area contributed by atoms with Crippen molar-refractivity contribution in [1.29, 1.82) is 0 Å². The molecule has 0 spiro atoms. The van der Waals surface area contributed by atoms with Gasteiger partial charge in [-0.3, -0.25) is 4.99 Å². The van der Waals surface area contributed by atoms with E-state index in [4.69, 9.17) is 0 Å². The Morgan fingerprint density at radius 2 is 1.77 bits per heavy atom. The number of hydrogen-bond donors (Lipinski definition) is 0. The Bertz CT molecular complexity index is 1710. The zero-order chi connectivity index (χ0) is 24.3. The summed E-state index contributed by atoms with van der Waals surface area (Å²) in [6, 6.07) is 20.3. The number of benzene rings is 3. The first-order chi connectivity index (χ1) is 16.9. The van der Waals surface area contributed by atoms with Crippen molar-refractivity contribution < 1.29 is 4.57 Å². The summed E-state index contributed by atoms with van der Waals surface area (Å²) in [7, 11) is 3.83. The average Bonchev–Trinajstić information content (AvgIpc) is 3.50. The van der Waals surface area contributed by atoms with Crippen LogP contribution in [-0.4, -0.2) is 22.4 Å². The molecule has 0 saturated carbocycles. The van der Waals surface area contributed by atoms with E-state index >= 15 is 0 Å². The van der Waals surface area contributed by atoms with Gasteiger partial charge < -0.3 is 4.57 Å². The van der Waals surface area contributed by atoms with Crippen molar-refractivity contribution in [3.63, 3.8) is 0 Å². The van der Waals surface area contributed by atoms with Gasteiger partial charge in [-0.25, -0.2) is 9.13 Å². The highest BCUT2D eigenvalue weighted by Crippen LogP contribution is 2.51. The standard InChI is InChI=1S/C31H29N4/c1-6-21(13-14-32-4)35-29-12-11-22(34-16-15-33(5)20-34)17-25(29)26-18-24-23-9-7-8-10-27(23)31(2,3)28(24)19-30(26)35/h6-20H,1H2,2-5H3/q+1. The first-order valence-electron chi connectivity index (χ1n) is 12.0. The molecule has 4 nitrogen and oxygen atoms in total. The molecule has 0 fully saturated rings. The van der Waals surface area contributed by atoms with Crippen LogP contribution in [-0.2, 0) is 12.5 Å². The van der Waals surface area contributed by atoms with Gasteiger partial charge in [-0.2, -0.15) is 0 Å². The Morgan fingerprint density at radius 3 is 2.51 bits per heavy atom. The molecule has 2 heterocycles. The highest BCUT2D eigenvalue weighted by molar-refractivity contribution is 6.13. The number of imidazole rings is 1. The van der Waals surface area contributed by atoms with Crippen LogP contribution in [0.3, 0.4) is 0 Å². The largest absolute Gasteiger partial charge is 0.309 e. The summed E-state index contributed by atoms with van der Waals surface area (Å²) in [5.41, 5.74) is 9.83. The third-order valence-electron chi connectivity index (χ3n) is 7.38. The lowest BCUT2D eigenvalue weighted by Gasteiger charge is -2.21. The molecule has 5 aromatic rings. The van der Waals surface area contributed by atoms with Crippen LogP contribution < -0.4 is 4.57 Å². The van der Waals surface area contributed by atoms with E-state index in [9.17, 15) is 0 Å². The van der Waals surface area contributed by atoms with Crippen LogP contribution in [0.4, 0.5) is 0 Å². The van der Waals surface area contributed by atoms with Gasteiger partial charge in [0.15, 0.2) is 0 Å². The van der Waals surface area contributed by atoms with E-state index in [1.165, 1.54) is 38.5 Å². The molecule has 172 valence electrons. The van der Waals surface area contributed by atoms with E-state index in [0.717, 1.165) is 16.9 Å². The quantitative estimate of drug-likeness (QED) is 0.169. The molecule has 0 N–H and O–H groups in total. The van der Waals surface area contributed by atoms with E-state index in [0.29, 0.717) is 0 Å². The van der Waals surface area contributed by atoms with Crippen LogP contribution >= 0.6 is 0 Å². The third-order valence-corrected chi connectivity index (χ3v) is 7.38. The molecule has 0 aliphatic heterocycles. The molecule has 0 radical (unpaired) electrons. The summed E-state index contributed by atoms with van der Waals surface area (Å²) in [6.07, 6.45) is 12.0. The maximum Gasteiger partial charge on any atom is 0.248 e. The summed E-state index contributed by atoms with van der Waals surface area (Å²) in [5.74, 6) is 0. The van der Waals surface area contributed by atoms with Crippen LogP contribution in [0.5, 0.6) is 0 Å². The molecule has 4 heteroatoms. The fraction of sp³-hybridized carbons (Fsp3) is 0.161. The zero-order valence-electron chi connectivity index (χ0n) is 20.7. The molecule has 0 atom stereocenters. The number of fused-ring (bicyclic) bond motifs is 6. The molecule has 1 aliphatic carbocycles. The van der Waals surface area contributed by atoms with Crippen molar-refractivity contribution >= 4 is 33.7 Å². The van der Waals surface area contributed by atoms with Crippen molar-refractivity contribution in [3.8, 4) is 16.8 Å². The van der Waals surface area contributed by atoms with Crippen molar-refractivity contribution in [3.05, 3.63) is 103 Å². The second-order valence-corrected chi connectivity index (χ2v) is 9.81. The van der Waals surface area contributed by atoms with Crippen molar-refractivity contribution in [2.75, 3.05) is 7.05 Å². The number of allylic oxidation sites excluding steroid dienone is 3. The number of aliphatic imine (C=N–C) groups is 1. The monoisotopic (exact) mass is 457 g/mol. The minimum absolute atomic E-state index is 0.0601. The fourth-order valence-electron chi connectivity index (χ4n) is 5.63. The second kappa shape index (κ2) is 7.67. The summed E-state index contributed by atoms with van der Waals surface area (Å²) in [5, 5.41) is 2.46.